The fourth-order valence-electron chi connectivity index (χ4n) is 2.68. The number of hydrogen-bond donors (Lipinski definition) is 1. The second-order valence-corrected chi connectivity index (χ2v) is 4.96. The molecule has 2 unspecified atom stereocenters. The molecular formula is C15H23NO. The van der Waals surface area contributed by atoms with E-state index in [0.717, 1.165) is 6.61 Å². The highest BCUT2D eigenvalue weighted by molar-refractivity contribution is 5.36. The highest BCUT2D eigenvalue weighted by atomic mass is 16.5. The minimum absolute atomic E-state index is 0.328. The summed E-state index contributed by atoms with van der Waals surface area (Å²) in [4.78, 5) is 0. The van der Waals surface area contributed by atoms with Gasteiger partial charge in [0.1, 0.15) is 0 Å². The Morgan fingerprint density at radius 2 is 2.12 bits per heavy atom. The van der Waals surface area contributed by atoms with E-state index in [1.807, 2.05) is 7.05 Å². The molecule has 1 fully saturated rings. The highest BCUT2D eigenvalue weighted by Crippen LogP contribution is 2.29. The molecule has 0 radical (unpaired) electrons. The maximum atomic E-state index is 5.92. The van der Waals surface area contributed by atoms with Gasteiger partial charge in [0, 0.05) is 6.61 Å². The molecule has 2 atom stereocenters. The van der Waals surface area contributed by atoms with Gasteiger partial charge in [-0.15, -0.1) is 0 Å². The summed E-state index contributed by atoms with van der Waals surface area (Å²) in [6.07, 6.45) is 3.99. The van der Waals surface area contributed by atoms with Crippen LogP contribution in [-0.4, -0.2) is 19.8 Å². The first-order valence-corrected chi connectivity index (χ1v) is 6.59. The van der Waals surface area contributed by atoms with Crippen molar-refractivity contribution in [1.82, 2.24) is 5.32 Å². The second-order valence-electron chi connectivity index (χ2n) is 4.96. The van der Waals surface area contributed by atoms with Gasteiger partial charge in [-0.3, -0.25) is 0 Å². The first-order valence-electron chi connectivity index (χ1n) is 6.59. The molecule has 0 aromatic heterocycles. The number of likely N-dealkylation sites (N-methyl/N-ethyl adjacent to an activating group) is 1. The Hall–Kier alpha value is -0.860. The van der Waals surface area contributed by atoms with Gasteiger partial charge in [-0.1, -0.05) is 18.2 Å². The quantitative estimate of drug-likeness (QED) is 0.866. The first kappa shape index (κ1) is 12.6. The van der Waals surface area contributed by atoms with Crippen LogP contribution in [0, 0.1) is 13.8 Å². The van der Waals surface area contributed by atoms with E-state index >= 15 is 0 Å². The van der Waals surface area contributed by atoms with Gasteiger partial charge in [-0.05, 0) is 56.8 Å². The van der Waals surface area contributed by atoms with E-state index in [1.165, 1.54) is 36.0 Å². The van der Waals surface area contributed by atoms with Crippen molar-refractivity contribution in [2.24, 2.45) is 0 Å². The zero-order valence-electron chi connectivity index (χ0n) is 11.1. The van der Waals surface area contributed by atoms with Crippen LogP contribution in [0.3, 0.4) is 0 Å². The molecule has 1 aliphatic rings. The van der Waals surface area contributed by atoms with E-state index in [4.69, 9.17) is 4.74 Å². The SMILES string of the molecule is CNC(c1cccc(C)c1C)C1CCCCO1. The fourth-order valence-corrected chi connectivity index (χ4v) is 2.68. The maximum absolute atomic E-state index is 5.92. The summed E-state index contributed by atoms with van der Waals surface area (Å²) in [5.41, 5.74) is 4.14. The molecule has 2 rings (SSSR count). The summed E-state index contributed by atoms with van der Waals surface area (Å²) < 4.78 is 5.92. The molecule has 1 aromatic carbocycles. The molecule has 2 heteroatoms. The fraction of sp³-hybridized carbons (Fsp3) is 0.600. The van der Waals surface area contributed by atoms with Crippen LogP contribution in [0.2, 0.25) is 0 Å². The van der Waals surface area contributed by atoms with Gasteiger partial charge >= 0.3 is 0 Å². The Balaban J connectivity index is 2.24. The number of aryl methyl sites for hydroxylation is 1. The summed E-state index contributed by atoms with van der Waals surface area (Å²) >= 11 is 0. The Bertz CT molecular complexity index is 369. The van der Waals surface area contributed by atoms with E-state index in [-0.39, 0.29) is 0 Å². The second kappa shape index (κ2) is 5.65. The van der Waals surface area contributed by atoms with Crippen LogP contribution < -0.4 is 5.32 Å². The lowest BCUT2D eigenvalue weighted by Gasteiger charge is -2.31. The molecule has 1 N–H and O–H groups in total. The molecule has 1 saturated heterocycles. The molecule has 1 heterocycles. The van der Waals surface area contributed by atoms with Crippen molar-refractivity contribution < 1.29 is 4.74 Å². The minimum Gasteiger partial charge on any atom is -0.376 e. The molecule has 94 valence electrons. The van der Waals surface area contributed by atoms with Crippen molar-refractivity contribution in [2.75, 3.05) is 13.7 Å². The standard InChI is InChI=1S/C15H23NO/c1-11-7-6-8-13(12(11)2)15(16-3)14-9-4-5-10-17-14/h6-8,14-16H,4-5,9-10H2,1-3H3. The predicted molar refractivity (Wildman–Crippen MR) is 71.3 cm³/mol. The highest BCUT2D eigenvalue weighted by Gasteiger charge is 2.25. The normalized spacial score (nSPS) is 22.4. The van der Waals surface area contributed by atoms with Gasteiger partial charge in [-0.25, -0.2) is 0 Å². The topological polar surface area (TPSA) is 21.3 Å². The number of hydrogen-bond acceptors (Lipinski definition) is 2. The molecule has 0 aliphatic carbocycles. The van der Waals surface area contributed by atoms with Crippen LogP contribution in [0.25, 0.3) is 0 Å². The molecule has 1 aromatic rings. The van der Waals surface area contributed by atoms with Gasteiger partial charge in [0.05, 0.1) is 12.1 Å². The molecule has 0 saturated carbocycles. The van der Waals surface area contributed by atoms with Gasteiger partial charge in [0.2, 0.25) is 0 Å². The number of ether oxygens (including phenoxy) is 1. The smallest absolute Gasteiger partial charge is 0.0769 e. The third-order valence-electron chi connectivity index (χ3n) is 3.88. The van der Waals surface area contributed by atoms with Crippen molar-refractivity contribution >= 4 is 0 Å². The van der Waals surface area contributed by atoms with Crippen molar-refractivity contribution in [3.8, 4) is 0 Å². The number of rotatable bonds is 3. The average Bonchev–Trinajstić information content (AvgIpc) is 2.37. The summed E-state index contributed by atoms with van der Waals surface area (Å²) in [5, 5.41) is 3.43. The number of nitrogens with one attached hydrogen (secondary N) is 1. The van der Waals surface area contributed by atoms with Gasteiger partial charge in [-0.2, -0.15) is 0 Å². The molecule has 2 nitrogen and oxygen atoms in total. The molecule has 0 bridgehead atoms. The van der Waals surface area contributed by atoms with E-state index in [2.05, 4.69) is 37.4 Å². The van der Waals surface area contributed by atoms with Crippen molar-refractivity contribution in [3.63, 3.8) is 0 Å². The monoisotopic (exact) mass is 233 g/mol. The van der Waals surface area contributed by atoms with E-state index < -0.39 is 0 Å². The Morgan fingerprint density at radius 3 is 2.76 bits per heavy atom. The van der Waals surface area contributed by atoms with Crippen LogP contribution in [0.5, 0.6) is 0 Å². The predicted octanol–water partition coefficient (Wildman–Crippen LogP) is 3.13. The summed E-state index contributed by atoms with van der Waals surface area (Å²) in [5.74, 6) is 0. The zero-order chi connectivity index (χ0) is 12.3. The first-order chi connectivity index (χ1) is 8.24. The molecule has 1 aliphatic heterocycles. The average molecular weight is 233 g/mol. The van der Waals surface area contributed by atoms with Crippen molar-refractivity contribution in [2.45, 2.75) is 45.3 Å². The largest absolute Gasteiger partial charge is 0.376 e. The van der Waals surface area contributed by atoms with Crippen LogP contribution >= 0.6 is 0 Å². The Morgan fingerprint density at radius 1 is 1.29 bits per heavy atom. The van der Waals surface area contributed by atoms with Gasteiger partial charge in [0.15, 0.2) is 0 Å². The van der Waals surface area contributed by atoms with Gasteiger partial charge < -0.3 is 10.1 Å². The molecule has 0 spiro atoms. The van der Waals surface area contributed by atoms with Crippen molar-refractivity contribution in [3.05, 3.63) is 34.9 Å². The Kier molecular flexibility index (Phi) is 4.19. The van der Waals surface area contributed by atoms with Crippen LogP contribution in [0.15, 0.2) is 18.2 Å². The van der Waals surface area contributed by atoms with Crippen LogP contribution in [0.1, 0.15) is 42.0 Å². The number of benzene rings is 1. The van der Waals surface area contributed by atoms with Crippen LogP contribution in [0.4, 0.5) is 0 Å². The minimum atomic E-state index is 0.328. The summed E-state index contributed by atoms with van der Waals surface area (Å²) in [7, 11) is 2.03. The lowest BCUT2D eigenvalue weighted by atomic mass is 9.91. The molecule has 0 amide bonds. The summed E-state index contributed by atoms with van der Waals surface area (Å²) in [6.45, 7) is 5.29. The van der Waals surface area contributed by atoms with E-state index in [1.54, 1.807) is 0 Å². The van der Waals surface area contributed by atoms with E-state index in [0.29, 0.717) is 12.1 Å². The third kappa shape index (κ3) is 2.70. The lowest BCUT2D eigenvalue weighted by molar-refractivity contribution is -0.00675. The lowest BCUT2D eigenvalue weighted by Crippen LogP contribution is -2.34. The molecular weight excluding hydrogens is 210 g/mol. The zero-order valence-corrected chi connectivity index (χ0v) is 11.1. The summed E-state index contributed by atoms with van der Waals surface area (Å²) in [6, 6.07) is 6.87. The molecule has 17 heavy (non-hydrogen) atoms. The van der Waals surface area contributed by atoms with Crippen molar-refractivity contribution in [1.29, 1.82) is 0 Å². The van der Waals surface area contributed by atoms with Crippen LogP contribution in [-0.2, 0) is 4.74 Å². The maximum Gasteiger partial charge on any atom is 0.0769 e. The Labute approximate surface area is 104 Å². The van der Waals surface area contributed by atoms with E-state index in [9.17, 15) is 0 Å². The van der Waals surface area contributed by atoms with Gasteiger partial charge in [0.25, 0.3) is 0 Å². The third-order valence-corrected chi connectivity index (χ3v) is 3.88.